The van der Waals surface area contributed by atoms with Crippen LogP contribution in [0.15, 0.2) is 47.8 Å². The zero-order chi connectivity index (χ0) is 19.4. The first-order valence-electron chi connectivity index (χ1n) is 7.31. The van der Waals surface area contributed by atoms with E-state index < -0.39 is 28.4 Å². The Bertz CT molecular complexity index is 872. The number of hydrogen-bond acceptors (Lipinski definition) is 7. The Balaban J connectivity index is 2.80. The molecule has 26 heavy (non-hydrogen) atoms. The number of nitro groups is 1. The number of halogens is 1. The average Bonchev–Trinajstić information content (AvgIpc) is 2.84. The SMILES string of the molecule is COC(=O)C1=C(C(=O)OC)N(c2cc(F)cc([N+](=O)[O-])c2C)C=CC=C1. The van der Waals surface area contributed by atoms with E-state index in [0.29, 0.717) is 0 Å². The molecule has 0 aliphatic carbocycles. The van der Waals surface area contributed by atoms with Gasteiger partial charge in [0.1, 0.15) is 11.5 Å². The Morgan fingerprint density at radius 3 is 2.38 bits per heavy atom. The predicted molar refractivity (Wildman–Crippen MR) is 89.6 cm³/mol. The molecule has 1 aromatic carbocycles. The van der Waals surface area contributed by atoms with Crippen molar-refractivity contribution in [2.75, 3.05) is 19.1 Å². The average molecular weight is 362 g/mol. The van der Waals surface area contributed by atoms with Crippen LogP contribution in [-0.4, -0.2) is 31.1 Å². The number of methoxy groups -OCH3 is 2. The van der Waals surface area contributed by atoms with E-state index in [4.69, 9.17) is 4.74 Å². The summed E-state index contributed by atoms with van der Waals surface area (Å²) in [7, 11) is 2.25. The van der Waals surface area contributed by atoms with Gasteiger partial charge >= 0.3 is 11.9 Å². The van der Waals surface area contributed by atoms with E-state index in [1.165, 1.54) is 31.4 Å². The number of carbonyl (C=O) groups is 2. The fraction of sp³-hybridized carbons (Fsp3) is 0.176. The quantitative estimate of drug-likeness (QED) is 0.461. The molecule has 0 N–H and O–H groups in total. The second-order valence-corrected chi connectivity index (χ2v) is 5.14. The molecule has 0 amide bonds. The van der Waals surface area contributed by atoms with Crippen molar-refractivity contribution in [2.24, 2.45) is 0 Å². The summed E-state index contributed by atoms with van der Waals surface area (Å²) in [5, 5.41) is 11.2. The van der Waals surface area contributed by atoms with E-state index >= 15 is 0 Å². The van der Waals surface area contributed by atoms with Crippen molar-refractivity contribution in [1.82, 2.24) is 0 Å². The summed E-state index contributed by atoms with van der Waals surface area (Å²) in [6.45, 7) is 1.41. The third-order valence-corrected chi connectivity index (χ3v) is 3.66. The molecule has 2 rings (SSSR count). The maximum absolute atomic E-state index is 14.0. The Hall–Kier alpha value is -3.49. The minimum Gasteiger partial charge on any atom is -0.465 e. The van der Waals surface area contributed by atoms with Crippen molar-refractivity contribution >= 4 is 23.3 Å². The lowest BCUT2D eigenvalue weighted by Gasteiger charge is -2.24. The molecular weight excluding hydrogens is 347 g/mol. The van der Waals surface area contributed by atoms with Crippen molar-refractivity contribution in [3.63, 3.8) is 0 Å². The summed E-state index contributed by atoms with van der Waals surface area (Å²) in [5.74, 6) is -2.58. The van der Waals surface area contributed by atoms with Gasteiger partial charge in [0, 0.05) is 6.20 Å². The Morgan fingerprint density at radius 1 is 1.15 bits per heavy atom. The molecule has 1 aliphatic rings. The molecular formula is C17H15FN2O6. The standard InChI is InChI=1S/C17H15FN2O6/c1-10-13(8-11(18)9-14(10)20(23)24)19-7-5-4-6-12(16(21)25-2)15(19)17(22)26-3/h4-9H,1-3H3. The summed E-state index contributed by atoms with van der Waals surface area (Å²) in [6.07, 6.45) is 5.65. The van der Waals surface area contributed by atoms with Gasteiger partial charge in [-0.2, -0.15) is 0 Å². The normalized spacial score (nSPS) is 13.5. The summed E-state index contributed by atoms with van der Waals surface area (Å²) < 4.78 is 23.4. The van der Waals surface area contributed by atoms with Gasteiger partial charge < -0.3 is 14.4 Å². The van der Waals surface area contributed by atoms with Gasteiger partial charge in [0.15, 0.2) is 0 Å². The number of allylic oxidation sites excluding steroid dienone is 2. The molecule has 0 bridgehead atoms. The Kier molecular flexibility index (Phi) is 5.51. The van der Waals surface area contributed by atoms with E-state index in [-0.39, 0.29) is 22.5 Å². The van der Waals surface area contributed by atoms with Crippen LogP contribution in [0, 0.1) is 22.9 Å². The highest BCUT2D eigenvalue weighted by Gasteiger charge is 2.30. The molecule has 0 spiro atoms. The number of benzene rings is 1. The third kappa shape index (κ3) is 3.46. The summed E-state index contributed by atoms with van der Waals surface area (Å²) >= 11 is 0. The van der Waals surface area contributed by atoms with Gasteiger partial charge in [0.05, 0.1) is 42.0 Å². The van der Waals surface area contributed by atoms with E-state index in [1.807, 2.05) is 0 Å². The van der Waals surface area contributed by atoms with E-state index in [1.54, 1.807) is 0 Å². The first-order valence-corrected chi connectivity index (χ1v) is 7.31. The number of rotatable bonds is 4. The smallest absolute Gasteiger partial charge is 0.355 e. The van der Waals surface area contributed by atoms with Crippen molar-refractivity contribution in [1.29, 1.82) is 0 Å². The second-order valence-electron chi connectivity index (χ2n) is 5.14. The van der Waals surface area contributed by atoms with Crippen molar-refractivity contribution in [2.45, 2.75) is 6.92 Å². The van der Waals surface area contributed by atoms with Crippen LogP contribution in [-0.2, 0) is 19.1 Å². The number of nitrogens with zero attached hydrogens (tertiary/aromatic N) is 2. The van der Waals surface area contributed by atoms with Gasteiger partial charge in [0.2, 0.25) is 0 Å². The lowest BCUT2D eigenvalue weighted by molar-refractivity contribution is -0.385. The molecule has 1 heterocycles. The topological polar surface area (TPSA) is 99.0 Å². The van der Waals surface area contributed by atoms with Crippen LogP contribution in [0.1, 0.15) is 5.56 Å². The van der Waals surface area contributed by atoms with Crippen LogP contribution >= 0.6 is 0 Å². The van der Waals surface area contributed by atoms with Crippen LogP contribution in [0.2, 0.25) is 0 Å². The molecule has 9 heteroatoms. The summed E-state index contributed by atoms with van der Waals surface area (Å²) in [6, 6.07) is 1.80. The Morgan fingerprint density at radius 2 is 1.81 bits per heavy atom. The van der Waals surface area contributed by atoms with Crippen LogP contribution in [0.4, 0.5) is 15.8 Å². The lowest BCUT2D eigenvalue weighted by Crippen LogP contribution is -2.27. The molecule has 0 saturated heterocycles. The van der Waals surface area contributed by atoms with Crippen molar-refractivity contribution in [3.05, 3.63) is 69.3 Å². The largest absolute Gasteiger partial charge is 0.465 e. The zero-order valence-corrected chi connectivity index (χ0v) is 14.2. The van der Waals surface area contributed by atoms with Crippen LogP contribution in [0.25, 0.3) is 0 Å². The molecule has 136 valence electrons. The maximum Gasteiger partial charge on any atom is 0.355 e. The summed E-state index contributed by atoms with van der Waals surface area (Å²) in [4.78, 5) is 36.0. The highest BCUT2D eigenvalue weighted by atomic mass is 19.1. The molecule has 8 nitrogen and oxygen atoms in total. The fourth-order valence-corrected chi connectivity index (χ4v) is 2.44. The van der Waals surface area contributed by atoms with Crippen LogP contribution in [0.5, 0.6) is 0 Å². The van der Waals surface area contributed by atoms with E-state index in [0.717, 1.165) is 31.3 Å². The molecule has 1 aliphatic heterocycles. The van der Waals surface area contributed by atoms with E-state index in [2.05, 4.69) is 4.74 Å². The first kappa shape index (κ1) is 18.8. The van der Waals surface area contributed by atoms with Crippen molar-refractivity contribution in [3.8, 4) is 0 Å². The molecule has 0 unspecified atom stereocenters. The molecule has 0 radical (unpaired) electrons. The monoisotopic (exact) mass is 362 g/mol. The minimum atomic E-state index is -0.895. The molecule has 0 aromatic heterocycles. The van der Waals surface area contributed by atoms with Gasteiger partial charge in [-0.05, 0) is 25.1 Å². The highest BCUT2D eigenvalue weighted by Crippen LogP contribution is 2.34. The van der Waals surface area contributed by atoms with Gasteiger partial charge in [0.25, 0.3) is 5.69 Å². The number of carbonyl (C=O) groups excluding carboxylic acids is 2. The van der Waals surface area contributed by atoms with Gasteiger partial charge in [-0.15, -0.1) is 0 Å². The van der Waals surface area contributed by atoms with E-state index in [9.17, 15) is 24.1 Å². The minimum absolute atomic E-state index is 0.0125. The highest BCUT2D eigenvalue weighted by molar-refractivity contribution is 6.05. The number of nitro benzene ring substituents is 1. The lowest BCUT2D eigenvalue weighted by atomic mass is 10.1. The van der Waals surface area contributed by atoms with Crippen molar-refractivity contribution < 1.29 is 28.4 Å². The summed E-state index contributed by atoms with van der Waals surface area (Å²) in [5.41, 5.74) is -0.746. The number of hydrogen-bond donors (Lipinski definition) is 0. The van der Waals surface area contributed by atoms with Gasteiger partial charge in [-0.25, -0.2) is 14.0 Å². The molecule has 1 aromatic rings. The fourth-order valence-electron chi connectivity index (χ4n) is 2.44. The number of ether oxygens (including phenoxy) is 2. The molecule has 0 fully saturated rings. The second kappa shape index (κ2) is 7.60. The predicted octanol–water partition coefficient (Wildman–Crippen LogP) is 2.53. The van der Waals surface area contributed by atoms with Gasteiger partial charge in [-0.3, -0.25) is 10.1 Å². The number of esters is 2. The maximum atomic E-state index is 14.0. The van der Waals surface area contributed by atoms with Crippen LogP contribution in [0.3, 0.4) is 0 Å². The third-order valence-electron chi connectivity index (χ3n) is 3.66. The molecule has 0 atom stereocenters. The molecule has 0 saturated carbocycles. The zero-order valence-electron chi connectivity index (χ0n) is 14.2. The first-order chi connectivity index (χ1) is 12.3. The van der Waals surface area contributed by atoms with Gasteiger partial charge in [-0.1, -0.05) is 6.08 Å². The number of anilines is 1. The Labute approximate surface area is 147 Å². The van der Waals surface area contributed by atoms with Crippen LogP contribution < -0.4 is 4.90 Å².